The second-order valence-corrected chi connectivity index (χ2v) is 5.88. The summed E-state index contributed by atoms with van der Waals surface area (Å²) in [5.41, 5.74) is 7.34. The molecular formula is C14H18ClN3S. The van der Waals surface area contributed by atoms with Crippen LogP contribution < -0.4 is 5.73 Å². The first-order chi connectivity index (χ1) is 9.20. The molecule has 2 aromatic rings. The van der Waals surface area contributed by atoms with Gasteiger partial charge >= 0.3 is 0 Å². The SMILES string of the molecule is CCCn1nccc1C(N)CSc1ccc(Cl)cc1. The number of hydrogen-bond acceptors (Lipinski definition) is 3. The van der Waals surface area contributed by atoms with E-state index in [1.165, 1.54) is 4.90 Å². The van der Waals surface area contributed by atoms with Crippen molar-refractivity contribution in [1.82, 2.24) is 9.78 Å². The van der Waals surface area contributed by atoms with Gasteiger partial charge in [-0.15, -0.1) is 11.8 Å². The lowest BCUT2D eigenvalue weighted by Gasteiger charge is -2.13. The standard InChI is InChI=1S/C14H18ClN3S/c1-2-9-18-14(7-8-17-18)13(16)10-19-12-5-3-11(15)4-6-12/h3-8,13H,2,9-10,16H2,1H3. The van der Waals surface area contributed by atoms with Crippen LogP contribution in [0.1, 0.15) is 25.1 Å². The molecule has 0 radical (unpaired) electrons. The van der Waals surface area contributed by atoms with Gasteiger partial charge in [-0.25, -0.2) is 0 Å². The van der Waals surface area contributed by atoms with Crippen molar-refractivity contribution in [3.05, 3.63) is 47.2 Å². The maximum absolute atomic E-state index is 6.24. The Morgan fingerprint density at radius 1 is 1.32 bits per heavy atom. The maximum atomic E-state index is 6.24. The molecule has 0 aliphatic rings. The van der Waals surface area contributed by atoms with Crippen LogP contribution in [-0.2, 0) is 6.54 Å². The highest BCUT2D eigenvalue weighted by atomic mass is 35.5. The normalized spacial score (nSPS) is 12.6. The lowest BCUT2D eigenvalue weighted by molar-refractivity contribution is 0.554. The Labute approximate surface area is 123 Å². The van der Waals surface area contributed by atoms with E-state index in [-0.39, 0.29) is 6.04 Å². The molecule has 0 aliphatic heterocycles. The van der Waals surface area contributed by atoms with Gasteiger partial charge in [-0.05, 0) is 36.8 Å². The Balaban J connectivity index is 1.95. The molecular weight excluding hydrogens is 278 g/mol. The molecule has 1 aromatic heterocycles. The van der Waals surface area contributed by atoms with E-state index in [4.69, 9.17) is 17.3 Å². The molecule has 0 aliphatic carbocycles. The summed E-state index contributed by atoms with van der Waals surface area (Å²) in [7, 11) is 0. The average molecular weight is 296 g/mol. The Morgan fingerprint density at radius 3 is 2.74 bits per heavy atom. The number of nitrogens with two attached hydrogens (primary N) is 1. The summed E-state index contributed by atoms with van der Waals surface area (Å²) in [6, 6.07) is 9.83. The molecule has 5 heteroatoms. The van der Waals surface area contributed by atoms with E-state index in [9.17, 15) is 0 Å². The first-order valence-electron chi connectivity index (χ1n) is 6.36. The number of nitrogens with zero attached hydrogens (tertiary/aromatic N) is 2. The van der Waals surface area contributed by atoms with Crippen LogP contribution in [0.25, 0.3) is 0 Å². The number of rotatable bonds is 6. The second kappa shape index (κ2) is 6.98. The minimum Gasteiger partial charge on any atom is -0.322 e. The Morgan fingerprint density at radius 2 is 2.05 bits per heavy atom. The Hall–Kier alpha value is -0.970. The van der Waals surface area contributed by atoms with Crippen molar-refractivity contribution in [2.75, 3.05) is 5.75 Å². The minimum absolute atomic E-state index is 0.00488. The molecule has 3 nitrogen and oxygen atoms in total. The number of thioether (sulfide) groups is 1. The number of halogens is 1. The lowest BCUT2D eigenvalue weighted by atomic mass is 10.2. The predicted octanol–water partition coefficient (Wildman–Crippen LogP) is 3.74. The van der Waals surface area contributed by atoms with Crippen molar-refractivity contribution in [3.63, 3.8) is 0 Å². The van der Waals surface area contributed by atoms with Crippen LogP contribution >= 0.6 is 23.4 Å². The highest BCUT2D eigenvalue weighted by Gasteiger charge is 2.11. The molecule has 1 unspecified atom stereocenters. The monoisotopic (exact) mass is 295 g/mol. The van der Waals surface area contributed by atoms with Gasteiger partial charge in [0.2, 0.25) is 0 Å². The average Bonchev–Trinajstić information content (AvgIpc) is 2.86. The van der Waals surface area contributed by atoms with Crippen molar-refractivity contribution in [1.29, 1.82) is 0 Å². The van der Waals surface area contributed by atoms with Crippen molar-refractivity contribution in [3.8, 4) is 0 Å². The number of aromatic nitrogens is 2. The molecule has 0 saturated heterocycles. The zero-order chi connectivity index (χ0) is 13.7. The summed E-state index contributed by atoms with van der Waals surface area (Å²) < 4.78 is 1.99. The third-order valence-corrected chi connectivity index (χ3v) is 4.19. The zero-order valence-electron chi connectivity index (χ0n) is 10.9. The van der Waals surface area contributed by atoms with Crippen LogP contribution in [0, 0.1) is 0 Å². The molecule has 0 bridgehead atoms. The maximum Gasteiger partial charge on any atom is 0.0562 e. The summed E-state index contributed by atoms with van der Waals surface area (Å²) >= 11 is 7.60. The van der Waals surface area contributed by atoms with Crippen LogP contribution in [0.2, 0.25) is 5.02 Å². The van der Waals surface area contributed by atoms with E-state index in [1.54, 1.807) is 11.8 Å². The predicted molar refractivity (Wildman–Crippen MR) is 81.6 cm³/mol. The van der Waals surface area contributed by atoms with E-state index in [2.05, 4.69) is 12.0 Å². The van der Waals surface area contributed by atoms with Gasteiger partial charge in [0.15, 0.2) is 0 Å². The third kappa shape index (κ3) is 4.00. The Bertz CT molecular complexity index is 510. The Kier molecular flexibility index (Phi) is 5.31. The minimum atomic E-state index is -0.00488. The fourth-order valence-electron chi connectivity index (χ4n) is 1.86. The van der Waals surface area contributed by atoms with Gasteiger partial charge in [-0.3, -0.25) is 4.68 Å². The van der Waals surface area contributed by atoms with E-state index in [1.807, 2.05) is 41.2 Å². The molecule has 19 heavy (non-hydrogen) atoms. The molecule has 0 fully saturated rings. The van der Waals surface area contributed by atoms with Crippen molar-refractivity contribution in [2.24, 2.45) is 5.73 Å². The third-order valence-electron chi connectivity index (χ3n) is 2.81. The van der Waals surface area contributed by atoms with E-state index < -0.39 is 0 Å². The van der Waals surface area contributed by atoms with Crippen LogP contribution in [0.15, 0.2) is 41.4 Å². The summed E-state index contributed by atoms with van der Waals surface area (Å²) in [5.74, 6) is 0.830. The zero-order valence-corrected chi connectivity index (χ0v) is 12.5. The van der Waals surface area contributed by atoms with Crippen molar-refractivity contribution < 1.29 is 0 Å². The highest BCUT2D eigenvalue weighted by molar-refractivity contribution is 7.99. The molecule has 1 atom stereocenters. The van der Waals surface area contributed by atoms with Crippen LogP contribution in [0.4, 0.5) is 0 Å². The number of benzene rings is 1. The topological polar surface area (TPSA) is 43.8 Å². The highest BCUT2D eigenvalue weighted by Crippen LogP contribution is 2.24. The molecule has 0 amide bonds. The van der Waals surface area contributed by atoms with Crippen molar-refractivity contribution in [2.45, 2.75) is 30.8 Å². The van der Waals surface area contributed by atoms with Crippen molar-refractivity contribution >= 4 is 23.4 Å². The number of aryl methyl sites for hydroxylation is 1. The van der Waals surface area contributed by atoms with Crippen LogP contribution in [-0.4, -0.2) is 15.5 Å². The molecule has 2 rings (SSSR count). The van der Waals surface area contributed by atoms with Gasteiger partial charge in [0.05, 0.1) is 11.7 Å². The molecule has 0 spiro atoms. The van der Waals surface area contributed by atoms with Gasteiger partial charge in [0.1, 0.15) is 0 Å². The van der Waals surface area contributed by atoms with Crippen LogP contribution in [0.5, 0.6) is 0 Å². The van der Waals surface area contributed by atoms with E-state index in [0.717, 1.165) is 29.4 Å². The quantitative estimate of drug-likeness (QED) is 0.826. The summed E-state index contributed by atoms with van der Waals surface area (Å²) in [5, 5.41) is 5.06. The largest absolute Gasteiger partial charge is 0.322 e. The van der Waals surface area contributed by atoms with Gasteiger partial charge in [-0.1, -0.05) is 18.5 Å². The van der Waals surface area contributed by atoms with E-state index >= 15 is 0 Å². The summed E-state index contributed by atoms with van der Waals surface area (Å²) in [6.07, 6.45) is 2.88. The lowest BCUT2D eigenvalue weighted by Crippen LogP contribution is -2.18. The van der Waals surface area contributed by atoms with Gasteiger partial charge in [0, 0.05) is 28.4 Å². The second-order valence-electron chi connectivity index (χ2n) is 4.35. The fraction of sp³-hybridized carbons (Fsp3) is 0.357. The van der Waals surface area contributed by atoms with Gasteiger partial charge < -0.3 is 5.73 Å². The molecule has 0 saturated carbocycles. The molecule has 1 heterocycles. The first-order valence-corrected chi connectivity index (χ1v) is 7.72. The van der Waals surface area contributed by atoms with Gasteiger partial charge in [0.25, 0.3) is 0 Å². The van der Waals surface area contributed by atoms with Gasteiger partial charge in [-0.2, -0.15) is 5.10 Å². The number of hydrogen-bond donors (Lipinski definition) is 1. The summed E-state index contributed by atoms with van der Waals surface area (Å²) in [4.78, 5) is 1.18. The fourth-order valence-corrected chi connectivity index (χ4v) is 2.86. The molecule has 2 N–H and O–H groups in total. The van der Waals surface area contributed by atoms with Crippen LogP contribution in [0.3, 0.4) is 0 Å². The smallest absolute Gasteiger partial charge is 0.0562 e. The molecule has 102 valence electrons. The summed E-state index contributed by atoms with van der Waals surface area (Å²) in [6.45, 7) is 3.06. The first kappa shape index (κ1) is 14.4. The molecule has 1 aromatic carbocycles. The van der Waals surface area contributed by atoms with E-state index in [0.29, 0.717) is 0 Å².